The quantitative estimate of drug-likeness (QED) is 0.557. The Hall–Kier alpha value is -3.00. The van der Waals surface area contributed by atoms with Gasteiger partial charge in [0, 0.05) is 23.8 Å². The first-order chi connectivity index (χ1) is 11.9. The van der Waals surface area contributed by atoms with Crippen LogP contribution in [-0.4, -0.2) is 22.0 Å². The Morgan fingerprint density at radius 3 is 2.48 bits per heavy atom. The van der Waals surface area contributed by atoms with Crippen LogP contribution < -0.4 is 10.2 Å². The first kappa shape index (κ1) is 16.8. The molecule has 0 aliphatic carbocycles. The predicted molar refractivity (Wildman–Crippen MR) is 83.4 cm³/mol. The van der Waals surface area contributed by atoms with Crippen molar-refractivity contribution in [1.29, 1.82) is 0 Å². The number of rotatable bonds is 4. The molecule has 2 N–H and O–H groups in total. The number of aromatic nitrogens is 1. The zero-order chi connectivity index (χ0) is 18.0. The van der Waals surface area contributed by atoms with E-state index < -0.39 is 12.3 Å². The molecule has 2 aromatic carbocycles. The number of fused-ring (bicyclic) bond motifs is 1. The van der Waals surface area contributed by atoms with Crippen LogP contribution in [0.15, 0.2) is 54.7 Å². The van der Waals surface area contributed by atoms with E-state index in [0.29, 0.717) is 12.1 Å². The molecule has 0 aliphatic heterocycles. The third-order valence-corrected chi connectivity index (χ3v) is 3.65. The molecule has 0 fully saturated rings. The van der Waals surface area contributed by atoms with E-state index in [2.05, 4.69) is 4.74 Å². The lowest BCUT2D eigenvalue weighted by molar-refractivity contribution is -0.274. The highest BCUT2D eigenvalue weighted by atomic mass is 19.4. The van der Waals surface area contributed by atoms with Gasteiger partial charge in [-0.05, 0) is 41.3 Å². The minimum absolute atomic E-state index is 0.282. The number of ether oxygens (including phenoxy) is 1. The summed E-state index contributed by atoms with van der Waals surface area (Å²) >= 11 is 0. The molecule has 0 aliphatic rings. The number of amides is 1. The number of benzene rings is 2. The molecule has 0 saturated heterocycles. The van der Waals surface area contributed by atoms with Crippen LogP contribution in [0, 0.1) is 0 Å². The molecule has 0 saturated carbocycles. The summed E-state index contributed by atoms with van der Waals surface area (Å²) in [5, 5.41) is 9.62. The largest absolute Gasteiger partial charge is 0.573 e. The summed E-state index contributed by atoms with van der Waals surface area (Å²) in [6, 6.07) is 12.4. The van der Waals surface area contributed by atoms with Crippen LogP contribution in [0.5, 0.6) is 5.75 Å². The number of carbonyl (C=O) groups is 1. The lowest BCUT2D eigenvalue weighted by Crippen LogP contribution is -2.18. The molecule has 1 aromatic heterocycles. The van der Waals surface area contributed by atoms with Crippen molar-refractivity contribution in [3.63, 3.8) is 0 Å². The second-order valence-corrected chi connectivity index (χ2v) is 5.35. The topological polar surface area (TPSA) is 63.5 Å². The summed E-state index contributed by atoms with van der Waals surface area (Å²) in [6.45, 7) is 0.403. The average Bonchev–Trinajstić information content (AvgIpc) is 2.97. The van der Waals surface area contributed by atoms with Gasteiger partial charge in [0.25, 0.3) is 5.91 Å². The number of carbonyl (C=O) groups excluding carboxylic acids is 1. The van der Waals surface area contributed by atoms with Crippen LogP contribution in [0.1, 0.15) is 15.9 Å². The molecule has 25 heavy (non-hydrogen) atoms. The fourth-order valence-corrected chi connectivity index (χ4v) is 2.52. The molecule has 0 spiro atoms. The van der Waals surface area contributed by atoms with Crippen LogP contribution in [0.4, 0.5) is 13.2 Å². The third kappa shape index (κ3) is 3.92. The van der Waals surface area contributed by atoms with Crippen molar-refractivity contribution in [3.05, 3.63) is 65.9 Å². The molecule has 8 heteroatoms. The highest BCUT2D eigenvalue weighted by molar-refractivity contribution is 5.97. The normalized spacial score (nSPS) is 11.5. The Morgan fingerprint density at radius 1 is 1.12 bits per heavy atom. The number of alkyl halides is 3. The van der Waals surface area contributed by atoms with Gasteiger partial charge in [0.05, 0.1) is 0 Å². The Morgan fingerprint density at radius 2 is 1.84 bits per heavy atom. The van der Waals surface area contributed by atoms with Crippen LogP contribution in [-0.2, 0) is 6.54 Å². The number of hydroxylamine groups is 1. The predicted octanol–water partition coefficient (Wildman–Crippen LogP) is 3.71. The number of nitrogens with one attached hydrogen (secondary N) is 1. The molecule has 1 amide bonds. The summed E-state index contributed by atoms with van der Waals surface area (Å²) in [6.07, 6.45) is -2.91. The smallest absolute Gasteiger partial charge is 0.406 e. The van der Waals surface area contributed by atoms with Crippen LogP contribution in [0.25, 0.3) is 10.9 Å². The second-order valence-electron chi connectivity index (χ2n) is 5.35. The first-order valence-corrected chi connectivity index (χ1v) is 7.24. The summed E-state index contributed by atoms with van der Waals surface area (Å²) in [4.78, 5) is 11.5. The first-order valence-electron chi connectivity index (χ1n) is 7.24. The summed E-state index contributed by atoms with van der Waals surface area (Å²) in [5.74, 6) is -0.904. The van der Waals surface area contributed by atoms with Gasteiger partial charge in [0.2, 0.25) is 0 Å². The van der Waals surface area contributed by atoms with Crippen molar-refractivity contribution < 1.29 is 27.9 Å². The van der Waals surface area contributed by atoms with Crippen molar-refractivity contribution >= 4 is 16.8 Å². The molecule has 0 unspecified atom stereocenters. The lowest BCUT2D eigenvalue weighted by atomic mass is 10.1. The van der Waals surface area contributed by atoms with Crippen LogP contribution >= 0.6 is 0 Å². The number of halogens is 3. The zero-order valence-corrected chi connectivity index (χ0v) is 12.7. The van der Waals surface area contributed by atoms with Crippen molar-refractivity contribution in [1.82, 2.24) is 10.0 Å². The Balaban J connectivity index is 1.84. The van der Waals surface area contributed by atoms with Crippen molar-refractivity contribution in [2.75, 3.05) is 0 Å². The van der Waals surface area contributed by atoms with E-state index in [1.54, 1.807) is 23.7 Å². The fraction of sp³-hybridized carbons (Fsp3) is 0.118. The minimum atomic E-state index is -4.72. The van der Waals surface area contributed by atoms with E-state index in [1.807, 2.05) is 16.8 Å². The molecule has 130 valence electrons. The Labute approximate surface area is 140 Å². The number of hydrogen-bond acceptors (Lipinski definition) is 3. The van der Waals surface area contributed by atoms with Crippen LogP contribution in [0.2, 0.25) is 0 Å². The molecule has 1 heterocycles. The molecule has 3 aromatic rings. The molecule has 0 bridgehead atoms. The maximum Gasteiger partial charge on any atom is 0.573 e. The SMILES string of the molecule is O=C(NO)c1ccc2ccn(Cc3ccc(OC(F)(F)F)cc3)c2c1. The van der Waals surface area contributed by atoms with Gasteiger partial charge in [-0.1, -0.05) is 18.2 Å². The van der Waals surface area contributed by atoms with Gasteiger partial charge in [0.1, 0.15) is 5.75 Å². The van der Waals surface area contributed by atoms with Gasteiger partial charge in [-0.15, -0.1) is 13.2 Å². The molecule has 0 radical (unpaired) electrons. The highest BCUT2D eigenvalue weighted by Crippen LogP contribution is 2.24. The molecule has 3 rings (SSSR count). The third-order valence-electron chi connectivity index (χ3n) is 3.65. The minimum Gasteiger partial charge on any atom is -0.406 e. The summed E-state index contributed by atoms with van der Waals surface area (Å²) < 4.78 is 42.2. The second kappa shape index (κ2) is 6.48. The fourth-order valence-electron chi connectivity index (χ4n) is 2.52. The van der Waals surface area contributed by atoms with Crippen molar-refractivity contribution in [3.8, 4) is 5.75 Å². The average molecular weight is 350 g/mol. The number of hydrogen-bond donors (Lipinski definition) is 2. The van der Waals surface area contributed by atoms with Gasteiger partial charge in [-0.3, -0.25) is 10.0 Å². The van der Waals surface area contributed by atoms with Gasteiger partial charge in [0.15, 0.2) is 0 Å². The van der Waals surface area contributed by atoms with Crippen LogP contribution in [0.3, 0.4) is 0 Å². The standard InChI is InChI=1S/C17H13F3N2O3/c18-17(19,20)25-14-5-1-11(2-6-14)10-22-8-7-12-3-4-13(9-15(12)22)16(23)21-24/h1-9,24H,10H2,(H,21,23). The van der Waals surface area contributed by atoms with E-state index in [9.17, 15) is 18.0 Å². The Bertz CT molecular complexity index is 902. The maximum atomic E-state index is 12.2. The monoisotopic (exact) mass is 350 g/mol. The van der Waals surface area contributed by atoms with Gasteiger partial charge in [-0.25, -0.2) is 5.48 Å². The maximum absolute atomic E-state index is 12.2. The zero-order valence-electron chi connectivity index (χ0n) is 12.7. The van der Waals surface area contributed by atoms with E-state index in [-0.39, 0.29) is 5.75 Å². The molecule has 0 atom stereocenters. The van der Waals surface area contributed by atoms with E-state index in [1.165, 1.54) is 24.3 Å². The van der Waals surface area contributed by atoms with E-state index >= 15 is 0 Å². The molecular weight excluding hydrogens is 337 g/mol. The lowest BCUT2D eigenvalue weighted by Gasteiger charge is -2.10. The molecular formula is C17H13F3N2O3. The van der Waals surface area contributed by atoms with E-state index in [0.717, 1.165) is 16.5 Å². The van der Waals surface area contributed by atoms with Crippen molar-refractivity contribution in [2.24, 2.45) is 0 Å². The Kier molecular flexibility index (Phi) is 4.37. The highest BCUT2D eigenvalue weighted by Gasteiger charge is 2.30. The summed E-state index contributed by atoms with van der Waals surface area (Å²) in [5.41, 5.74) is 3.40. The number of nitrogens with zero attached hydrogens (tertiary/aromatic N) is 1. The van der Waals surface area contributed by atoms with Gasteiger partial charge >= 0.3 is 6.36 Å². The van der Waals surface area contributed by atoms with E-state index in [4.69, 9.17) is 5.21 Å². The summed E-state index contributed by atoms with van der Waals surface area (Å²) in [7, 11) is 0. The van der Waals surface area contributed by atoms with Gasteiger partial charge < -0.3 is 9.30 Å². The van der Waals surface area contributed by atoms with Gasteiger partial charge in [-0.2, -0.15) is 0 Å². The molecule has 5 nitrogen and oxygen atoms in total. The van der Waals surface area contributed by atoms with Crippen molar-refractivity contribution in [2.45, 2.75) is 12.9 Å².